The van der Waals surface area contributed by atoms with Crippen molar-refractivity contribution in [1.29, 1.82) is 0 Å². The van der Waals surface area contributed by atoms with Gasteiger partial charge in [-0.2, -0.15) is 0 Å². The number of carboxylic acid groups (broad SMARTS) is 1. The van der Waals surface area contributed by atoms with Crippen LogP contribution < -0.4 is 5.11 Å². The van der Waals surface area contributed by atoms with E-state index in [0.29, 0.717) is 0 Å². The zero-order chi connectivity index (χ0) is 3.58. The largest absolute Gasteiger partial charge is 1.00 e. The molecule has 0 amide bonds. The number of carboxylic acids is 1. The first-order valence-electron chi connectivity index (χ1n) is 0.908. The Hall–Kier alpha value is 0.496. The van der Waals surface area contributed by atoms with Gasteiger partial charge in [-0.05, 0) is 6.92 Å². The molecule has 4 heteroatoms. The van der Waals surface area contributed by atoms with Gasteiger partial charge >= 0.3 is 17.1 Å². The number of carbonyl (C=O) groups is 1. The monoisotopic (exact) mass is 181 g/mol. The van der Waals surface area contributed by atoms with Gasteiger partial charge in [0.2, 0.25) is 0 Å². The number of aliphatic carboxylic acids is 1. The van der Waals surface area contributed by atoms with Crippen LogP contribution in [0, 0.1) is 0 Å². The van der Waals surface area contributed by atoms with Crippen molar-refractivity contribution in [2.75, 3.05) is 0 Å². The molecule has 0 aromatic rings. The predicted octanol–water partition coefficient (Wildman–Crippen LogP) is -1.25. The van der Waals surface area contributed by atoms with Crippen molar-refractivity contribution in [2.45, 2.75) is 6.92 Å². The quantitative estimate of drug-likeness (QED) is 0.438. The van der Waals surface area contributed by atoms with Crippen molar-refractivity contribution in [2.24, 2.45) is 0 Å². The third-order valence-corrected chi connectivity index (χ3v) is 0. The summed E-state index contributed by atoms with van der Waals surface area (Å²) in [4.78, 5) is 8.89. The van der Waals surface area contributed by atoms with Gasteiger partial charge in [0.25, 0.3) is 0 Å². The van der Waals surface area contributed by atoms with Crippen LogP contribution >= 0.6 is 0 Å². The molecule has 0 fully saturated rings. The predicted molar refractivity (Wildman–Crippen MR) is 10.7 cm³/mol. The molecule has 0 aromatic carbocycles. The Morgan fingerprint density at radius 2 is 1.67 bits per heavy atom. The molecule has 0 aliphatic carbocycles. The van der Waals surface area contributed by atoms with Crippen LogP contribution in [-0.2, 0) is 38.6 Å². The standard InChI is InChI=1S/C2H4O2.Co.Cu/c1-2(3)4;;/h1H3,(H,3,4);;/q;;+1/p-1. The SMILES string of the molecule is CC(=O)[O-].[Co].[Cu+]. The summed E-state index contributed by atoms with van der Waals surface area (Å²) in [5.74, 6) is -1.08. The first-order chi connectivity index (χ1) is 1.73. The molecular weight excluding hydrogens is 178 g/mol. The molecule has 2 nitrogen and oxygen atoms in total. The fourth-order valence-corrected chi connectivity index (χ4v) is 0. The van der Waals surface area contributed by atoms with Gasteiger partial charge in [-0.25, -0.2) is 0 Å². The molecule has 0 N–H and O–H groups in total. The Labute approximate surface area is 57.0 Å². The van der Waals surface area contributed by atoms with Gasteiger partial charge < -0.3 is 9.90 Å². The minimum absolute atomic E-state index is 0. The van der Waals surface area contributed by atoms with Gasteiger partial charge in [0, 0.05) is 22.7 Å². The fourth-order valence-electron chi connectivity index (χ4n) is 0. The molecule has 0 rings (SSSR count). The van der Waals surface area contributed by atoms with E-state index in [0.717, 1.165) is 6.92 Å². The molecule has 0 spiro atoms. The third kappa shape index (κ3) is 223. The Morgan fingerprint density at radius 1 is 1.67 bits per heavy atom. The number of rotatable bonds is 0. The van der Waals surface area contributed by atoms with Crippen LogP contribution in [0.1, 0.15) is 6.92 Å². The van der Waals surface area contributed by atoms with Crippen LogP contribution in [0.2, 0.25) is 0 Å². The van der Waals surface area contributed by atoms with Gasteiger partial charge in [0.1, 0.15) is 0 Å². The van der Waals surface area contributed by atoms with Crippen molar-refractivity contribution in [3.05, 3.63) is 0 Å². The summed E-state index contributed by atoms with van der Waals surface area (Å²) in [5.41, 5.74) is 0. The summed E-state index contributed by atoms with van der Waals surface area (Å²) in [6, 6.07) is 0. The van der Waals surface area contributed by atoms with E-state index in [4.69, 9.17) is 9.90 Å². The molecule has 43 valence electrons. The molecule has 0 unspecified atom stereocenters. The fraction of sp³-hybridized carbons (Fsp3) is 0.500. The van der Waals surface area contributed by atoms with Gasteiger partial charge in [-0.3, -0.25) is 0 Å². The van der Waals surface area contributed by atoms with Crippen LogP contribution in [0.3, 0.4) is 0 Å². The summed E-state index contributed by atoms with van der Waals surface area (Å²) in [5, 5.41) is 8.89. The van der Waals surface area contributed by atoms with Crippen molar-refractivity contribution < 1.29 is 43.7 Å². The van der Waals surface area contributed by atoms with Crippen molar-refractivity contribution in [1.82, 2.24) is 0 Å². The number of hydrogen-bond donors (Lipinski definition) is 0. The van der Waals surface area contributed by atoms with Gasteiger partial charge in [-0.15, -0.1) is 0 Å². The molecule has 0 bridgehead atoms. The Morgan fingerprint density at radius 3 is 1.67 bits per heavy atom. The normalized spacial score (nSPS) is 4.17. The van der Waals surface area contributed by atoms with Crippen LogP contribution in [0.25, 0.3) is 0 Å². The molecule has 0 aliphatic heterocycles. The molecule has 0 saturated heterocycles. The zero-order valence-electron chi connectivity index (χ0n) is 2.95. The average molecular weight is 182 g/mol. The van der Waals surface area contributed by atoms with E-state index in [9.17, 15) is 0 Å². The maximum atomic E-state index is 8.89. The second-order valence-electron chi connectivity index (χ2n) is 0.492. The van der Waals surface area contributed by atoms with E-state index in [2.05, 4.69) is 0 Å². The molecule has 0 aromatic heterocycles. The molecule has 0 atom stereocenters. The van der Waals surface area contributed by atoms with Gasteiger partial charge in [0.15, 0.2) is 0 Å². The maximum Gasteiger partial charge on any atom is 1.00 e. The first-order valence-corrected chi connectivity index (χ1v) is 0.908. The molecule has 0 heterocycles. The summed E-state index contributed by atoms with van der Waals surface area (Å²) in [6.45, 7) is 0.972. The zero-order valence-corrected chi connectivity index (χ0v) is 4.93. The van der Waals surface area contributed by atoms with Crippen LogP contribution in [0.15, 0.2) is 0 Å². The topological polar surface area (TPSA) is 40.1 Å². The van der Waals surface area contributed by atoms with E-state index in [-0.39, 0.29) is 33.8 Å². The Balaban J connectivity index is -0.0000000450. The van der Waals surface area contributed by atoms with Crippen molar-refractivity contribution in [3.63, 3.8) is 0 Å². The van der Waals surface area contributed by atoms with E-state index in [1.54, 1.807) is 0 Å². The van der Waals surface area contributed by atoms with Gasteiger partial charge in [-0.1, -0.05) is 0 Å². The van der Waals surface area contributed by atoms with E-state index < -0.39 is 5.97 Å². The molecule has 0 saturated carbocycles. The van der Waals surface area contributed by atoms with E-state index >= 15 is 0 Å². The first kappa shape index (κ1) is 16.1. The van der Waals surface area contributed by atoms with Crippen LogP contribution in [-0.4, -0.2) is 5.97 Å². The summed E-state index contributed by atoms with van der Waals surface area (Å²) in [6.07, 6.45) is 0. The molecule has 1 radical (unpaired) electrons. The second kappa shape index (κ2) is 9.09. The maximum absolute atomic E-state index is 8.89. The van der Waals surface area contributed by atoms with E-state index in [1.165, 1.54) is 0 Å². The second-order valence-corrected chi connectivity index (χ2v) is 0.492. The third-order valence-electron chi connectivity index (χ3n) is 0. The van der Waals surface area contributed by atoms with Crippen LogP contribution in [0.5, 0.6) is 0 Å². The minimum Gasteiger partial charge on any atom is -0.550 e. The smallest absolute Gasteiger partial charge is 0.550 e. The summed E-state index contributed by atoms with van der Waals surface area (Å²) < 4.78 is 0. The van der Waals surface area contributed by atoms with Crippen LogP contribution in [0.4, 0.5) is 0 Å². The number of carbonyl (C=O) groups excluding carboxylic acids is 1. The molecule has 0 aliphatic rings. The summed E-state index contributed by atoms with van der Waals surface area (Å²) in [7, 11) is 0. The molecular formula is C2H3CoCuO2. The molecule has 6 heavy (non-hydrogen) atoms. The average Bonchev–Trinajstić information content (AvgIpc) is 0.811. The van der Waals surface area contributed by atoms with E-state index in [1.807, 2.05) is 0 Å². The van der Waals surface area contributed by atoms with Crippen molar-refractivity contribution >= 4 is 5.97 Å². The Kier molecular flexibility index (Phi) is 24.3. The minimum atomic E-state index is -1.08. The summed E-state index contributed by atoms with van der Waals surface area (Å²) >= 11 is 0. The van der Waals surface area contributed by atoms with Gasteiger partial charge in [0.05, 0.1) is 0 Å². The van der Waals surface area contributed by atoms with Crippen molar-refractivity contribution in [3.8, 4) is 0 Å². The Bertz CT molecular complexity index is 34.5. The number of hydrogen-bond acceptors (Lipinski definition) is 2.